The van der Waals surface area contributed by atoms with E-state index in [1.807, 2.05) is 0 Å². The lowest BCUT2D eigenvalue weighted by molar-refractivity contribution is 0.197. The van der Waals surface area contributed by atoms with Crippen LogP contribution in [0.2, 0.25) is 0 Å². The number of rotatable bonds is 0. The van der Waals surface area contributed by atoms with Crippen LogP contribution in [0.1, 0.15) is 0 Å². The third kappa shape index (κ3) is 0.439. The normalized spacial score (nSPS) is 10.8. The Morgan fingerprint density at radius 2 is 2.30 bits per heavy atom. The van der Waals surface area contributed by atoms with Crippen molar-refractivity contribution in [2.24, 2.45) is 0 Å². The third-order valence-corrected chi connectivity index (χ3v) is 1.38. The van der Waals surface area contributed by atoms with Crippen molar-refractivity contribution in [3.8, 4) is 0 Å². The Hall–Kier alpha value is -1.65. The lowest BCUT2D eigenvalue weighted by Crippen LogP contribution is -1.91. The highest BCUT2D eigenvalue weighted by atomic mass is 16.5. The van der Waals surface area contributed by atoms with Crippen molar-refractivity contribution in [1.29, 1.82) is 0 Å². The van der Waals surface area contributed by atoms with E-state index in [9.17, 15) is 0 Å². The number of hydrogen-bond donors (Lipinski definition) is 2. The summed E-state index contributed by atoms with van der Waals surface area (Å²) in [4.78, 5) is 0. The van der Waals surface area contributed by atoms with Gasteiger partial charge in [0.15, 0.2) is 12.0 Å². The quantitative estimate of drug-likeness (QED) is 0.502. The molecule has 0 saturated heterocycles. The smallest absolute Gasteiger partial charge is 0.173 e. The summed E-state index contributed by atoms with van der Waals surface area (Å²) in [7, 11) is 0. The molecule has 0 fully saturated rings. The summed E-state index contributed by atoms with van der Waals surface area (Å²) < 4.78 is 2.36. The van der Waals surface area contributed by atoms with Crippen LogP contribution in [0, 0.1) is 0 Å². The van der Waals surface area contributed by atoms with Crippen LogP contribution >= 0.6 is 0 Å². The van der Waals surface area contributed by atoms with Crippen molar-refractivity contribution in [2.45, 2.75) is 0 Å². The van der Waals surface area contributed by atoms with Gasteiger partial charge in [0, 0.05) is 0 Å². The van der Waals surface area contributed by atoms with Crippen LogP contribution < -0.4 is 5.73 Å². The minimum absolute atomic E-state index is 0.516. The van der Waals surface area contributed by atoms with Crippen LogP contribution in [0.3, 0.4) is 0 Å². The van der Waals surface area contributed by atoms with E-state index in [-0.39, 0.29) is 0 Å². The van der Waals surface area contributed by atoms with Crippen molar-refractivity contribution in [1.82, 2.24) is 14.3 Å². The SMILES string of the molecule is Nc1ccc2n(O)cnn12. The van der Waals surface area contributed by atoms with Crippen LogP contribution in [0.5, 0.6) is 0 Å². The molecule has 0 atom stereocenters. The first kappa shape index (κ1) is 5.16. The van der Waals surface area contributed by atoms with Gasteiger partial charge in [0.25, 0.3) is 0 Å². The molecule has 2 aromatic heterocycles. The molecule has 0 aliphatic rings. The van der Waals surface area contributed by atoms with Crippen LogP contribution in [0.15, 0.2) is 18.5 Å². The maximum atomic E-state index is 9.00. The molecule has 5 nitrogen and oxygen atoms in total. The molecule has 0 bridgehead atoms. The Morgan fingerprint density at radius 3 is 3.00 bits per heavy atom. The number of nitrogens with two attached hydrogens (primary N) is 1. The molecule has 0 amide bonds. The van der Waals surface area contributed by atoms with E-state index in [0.717, 1.165) is 4.73 Å². The Labute approximate surface area is 56.2 Å². The fraction of sp³-hybridized carbons (Fsp3) is 0. The predicted octanol–water partition coefficient (Wildman–Crippen LogP) is -0.0447. The zero-order valence-electron chi connectivity index (χ0n) is 5.10. The average molecular weight is 138 g/mol. The van der Waals surface area contributed by atoms with E-state index >= 15 is 0 Å². The molecular formula is C5H6N4O. The standard InChI is InChI=1S/C5H6N4O/c6-4-1-2-5-8(10)3-7-9(4)5/h1-3,10H,6H2. The summed E-state index contributed by atoms with van der Waals surface area (Å²) in [5, 5.41) is 12.8. The molecule has 10 heavy (non-hydrogen) atoms. The molecule has 0 saturated carbocycles. The van der Waals surface area contributed by atoms with Crippen molar-refractivity contribution in [2.75, 3.05) is 5.73 Å². The Kier molecular flexibility index (Phi) is 0.743. The highest BCUT2D eigenvalue weighted by Gasteiger charge is 2.01. The molecule has 3 N–H and O–H groups in total. The monoisotopic (exact) mass is 138 g/mol. The van der Waals surface area contributed by atoms with Crippen LogP contribution in [-0.4, -0.2) is 19.6 Å². The molecule has 0 aromatic carbocycles. The second kappa shape index (κ2) is 1.44. The van der Waals surface area contributed by atoms with Crippen molar-refractivity contribution in [3.63, 3.8) is 0 Å². The lowest BCUT2D eigenvalue weighted by atomic mass is 10.6. The van der Waals surface area contributed by atoms with E-state index in [4.69, 9.17) is 10.9 Å². The maximum Gasteiger partial charge on any atom is 0.173 e. The van der Waals surface area contributed by atoms with Gasteiger partial charge < -0.3 is 10.9 Å². The summed E-state index contributed by atoms with van der Waals surface area (Å²) in [5.74, 6) is 0.516. The first-order valence-corrected chi connectivity index (χ1v) is 2.79. The first-order chi connectivity index (χ1) is 4.79. The summed E-state index contributed by atoms with van der Waals surface area (Å²) in [6.45, 7) is 0. The van der Waals surface area contributed by atoms with Gasteiger partial charge in [-0.1, -0.05) is 0 Å². The summed E-state index contributed by atoms with van der Waals surface area (Å²) >= 11 is 0. The zero-order chi connectivity index (χ0) is 7.14. The van der Waals surface area contributed by atoms with Crippen LogP contribution in [0.25, 0.3) is 5.65 Å². The molecule has 0 aliphatic heterocycles. The number of aromatic nitrogens is 3. The fourth-order valence-electron chi connectivity index (χ4n) is 0.892. The van der Waals surface area contributed by atoms with Gasteiger partial charge in [0.2, 0.25) is 0 Å². The first-order valence-electron chi connectivity index (χ1n) is 2.79. The van der Waals surface area contributed by atoms with Gasteiger partial charge in [-0.2, -0.15) is 14.3 Å². The van der Waals surface area contributed by atoms with Crippen LogP contribution in [0.4, 0.5) is 5.82 Å². The molecule has 0 spiro atoms. The van der Waals surface area contributed by atoms with E-state index < -0.39 is 0 Å². The topological polar surface area (TPSA) is 68.5 Å². The molecule has 2 rings (SSSR count). The van der Waals surface area contributed by atoms with Crippen molar-refractivity contribution in [3.05, 3.63) is 18.5 Å². The second-order valence-corrected chi connectivity index (χ2v) is 2.00. The van der Waals surface area contributed by atoms with Gasteiger partial charge in [-0.05, 0) is 12.1 Å². The molecule has 5 heteroatoms. The predicted molar refractivity (Wildman–Crippen MR) is 34.8 cm³/mol. The Morgan fingerprint density at radius 1 is 1.50 bits per heavy atom. The van der Waals surface area contributed by atoms with E-state index in [2.05, 4.69) is 5.10 Å². The summed E-state index contributed by atoms with van der Waals surface area (Å²) in [5.41, 5.74) is 6.03. The number of nitrogen functional groups attached to an aromatic ring is 1. The van der Waals surface area contributed by atoms with Gasteiger partial charge in [0.05, 0.1) is 0 Å². The highest BCUT2D eigenvalue weighted by molar-refractivity contribution is 5.49. The van der Waals surface area contributed by atoms with Gasteiger partial charge >= 0.3 is 0 Å². The number of anilines is 1. The fourth-order valence-corrected chi connectivity index (χ4v) is 0.892. The molecular weight excluding hydrogens is 132 g/mol. The molecule has 52 valence electrons. The molecule has 2 aromatic rings. The summed E-state index contributed by atoms with van der Waals surface area (Å²) in [6.07, 6.45) is 1.28. The van der Waals surface area contributed by atoms with Gasteiger partial charge in [-0.3, -0.25) is 0 Å². The maximum absolute atomic E-state index is 9.00. The molecule has 0 radical (unpaired) electrons. The minimum atomic E-state index is 0.516. The number of fused-ring (bicyclic) bond motifs is 1. The number of nitrogens with zero attached hydrogens (tertiary/aromatic N) is 3. The van der Waals surface area contributed by atoms with Crippen molar-refractivity contribution < 1.29 is 5.21 Å². The highest BCUT2D eigenvalue weighted by Crippen LogP contribution is 2.08. The molecule has 0 aliphatic carbocycles. The minimum Gasteiger partial charge on any atom is -0.425 e. The molecule has 0 unspecified atom stereocenters. The van der Waals surface area contributed by atoms with E-state index in [1.54, 1.807) is 12.1 Å². The van der Waals surface area contributed by atoms with Gasteiger partial charge in [-0.25, -0.2) is 0 Å². The van der Waals surface area contributed by atoms with E-state index in [1.165, 1.54) is 10.8 Å². The molecule has 2 heterocycles. The van der Waals surface area contributed by atoms with Gasteiger partial charge in [-0.15, -0.1) is 0 Å². The lowest BCUT2D eigenvalue weighted by Gasteiger charge is -1.85. The van der Waals surface area contributed by atoms with Crippen LogP contribution in [-0.2, 0) is 0 Å². The Bertz CT molecular complexity index is 324. The third-order valence-electron chi connectivity index (χ3n) is 1.38. The Balaban J connectivity index is 2.95. The zero-order valence-corrected chi connectivity index (χ0v) is 5.10. The van der Waals surface area contributed by atoms with E-state index in [0.29, 0.717) is 11.5 Å². The van der Waals surface area contributed by atoms with Gasteiger partial charge in [0.1, 0.15) is 5.82 Å². The second-order valence-electron chi connectivity index (χ2n) is 2.00. The van der Waals surface area contributed by atoms with Crippen molar-refractivity contribution >= 4 is 11.5 Å². The largest absolute Gasteiger partial charge is 0.425 e. The average Bonchev–Trinajstić information content (AvgIpc) is 2.41. The number of hydrogen-bond acceptors (Lipinski definition) is 3. The summed E-state index contributed by atoms with van der Waals surface area (Å²) in [6, 6.07) is 3.36.